The number of allylic oxidation sites excluding steroid dienone is 2. The Morgan fingerprint density at radius 1 is 0.786 bits per heavy atom. The number of carbonyl (C=O) groups excluding carboxylic acids is 4. The number of carbonyl (C=O) groups is 5. The molecular formula is C49H58N12O9. The zero-order chi connectivity index (χ0) is 50.4. The molecule has 1 saturated heterocycles. The summed E-state index contributed by atoms with van der Waals surface area (Å²) >= 11 is 0. The Morgan fingerprint density at radius 3 is 1.79 bits per heavy atom. The topological polar surface area (TPSA) is 258 Å². The van der Waals surface area contributed by atoms with Gasteiger partial charge in [0, 0.05) is 51.3 Å². The average molecular weight is 959 g/mol. The molecular weight excluding hydrogens is 901 g/mol. The SMILES string of the molecule is CCn1nc(C)cc1C(=O)Nc1nc2cc(C(=O)O)cc(OC)c2n1CC=CCn1c(NC(=O)c2cc(C)nn2CC)nc2cc(C(N)=O)cc(OCC#CCC3CCN(C(=O)OC(C)(C)C)CC3)c21. The van der Waals surface area contributed by atoms with Crippen molar-refractivity contribution in [1.29, 1.82) is 0 Å². The molecule has 1 fully saturated rings. The van der Waals surface area contributed by atoms with E-state index in [0.29, 0.717) is 71.9 Å². The van der Waals surface area contributed by atoms with Crippen LogP contribution in [0.5, 0.6) is 11.5 Å². The van der Waals surface area contributed by atoms with Crippen LogP contribution in [0, 0.1) is 31.6 Å². The maximum absolute atomic E-state index is 13.9. The fraction of sp³-hybridized carbons (Fsp3) is 0.408. The van der Waals surface area contributed by atoms with E-state index < -0.39 is 29.3 Å². The number of aromatic carboxylic acids is 1. The third-order valence-corrected chi connectivity index (χ3v) is 11.5. The molecule has 70 heavy (non-hydrogen) atoms. The van der Waals surface area contributed by atoms with Gasteiger partial charge in [0.05, 0.1) is 35.1 Å². The molecule has 2 aromatic carbocycles. The minimum Gasteiger partial charge on any atom is -0.494 e. The molecule has 5 heterocycles. The third-order valence-electron chi connectivity index (χ3n) is 11.5. The molecule has 1 aliphatic rings. The maximum atomic E-state index is 13.9. The minimum absolute atomic E-state index is 0.0437. The number of hydrogen-bond acceptors (Lipinski definition) is 12. The van der Waals surface area contributed by atoms with Crippen LogP contribution in [-0.2, 0) is 30.9 Å². The first-order valence-corrected chi connectivity index (χ1v) is 23.0. The van der Waals surface area contributed by atoms with E-state index in [4.69, 9.17) is 24.9 Å². The number of nitrogens with zero attached hydrogens (tertiary/aromatic N) is 9. The van der Waals surface area contributed by atoms with E-state index in [1.165, 1.54) is 31.4 Å². The number of ether oxygens (including phenoxy) is 3. The Morgan fingerprint density at radius 2 is 1.30 bits per heavy atom. The van der Waals surface area contributed by atoms with Gasteiger partial charge in [-0.1, -0.05) is 24.0 Å². The molecule has 0 spiro atoms. The Bertz CT molecular complexity index is 3080. The summed E-state index contributed by atoms with van der Waals surface area (Å²) in [5, 5.41) is 24.5. The van der Waals surface area contributed by atoms with Crippen molar-refractivity contribution in [2.45, 2.75) is 99.5 Å². The number of primary amides is 1. The predicted molar refractivity (Wildman–Crippen MR) is 260 cm³/mol. The van der Waals surface area contributed by atoms with Gasteiger partial charge in [-0.15, -0.1) is 0 Å². The van der Waals surface area contributed by atoms with Gasteiger partial charge in [-0.2, -0.15) is 10.2 Å². The number of fused-ring (bicyclic) bond motifs is 2. The number of likely N-dealkylation sites (tertiary alicyclic amines) is 1. The summed E-state index contributed by atoms with van der Waals surface area (Å²) in [7, 11) is 1.41. The highest BCUT2D eigenvalue weighted by molar-refractivity contribution is 6.05. The molecule has 6 aromatic rings. The number of piperidine rings is 1. The van der Waals surface area contributed by atoms with Gasteiger partial charge in [-0.3, -0.25) is 34.4 Å². The highest BCUT2D eigenvalue weighted by atomic mass is 16.6. The lowest BCUT2D eigenvalue weighted by Crippen LogP contribution is -2.41. The van der Waals surface area contributed by atoms with E-state index in [9.17, 15) is 29.1 Å². The smallest absolute Gasteiger partial charge is 0.410 e. The van der Waals surface area contributed by atoms with Crippen LogP contribution in [0.3, 0.4) is 0 Å². The molecule has 4 aromatic heterocycles. The lowest BCUT2D eigenvalue weighted by atomic mass is 9.94. The van der Waals surface area contributed by atoms with E-state index in [1.54, 1.807) is 55.5 Å². The predicted octanol–water partition coefficient (Wildman–Crippen LogP) is 6.42. The fourth-order valence-corrected chi connectivity index (χ4v) is 8.19. The van der Waals surface area contributed by atoms with Crippen molar-refractivity contribution in [2.24, 2.45) is 11.7 Å². The summed E-state index contributed by atoms with van der Waals surface area (Å²) in [5.74, 6) is 4.47. The molecule has 0 aliphatic carbocycles. The lowest BCUT2D eigenvalue weighted by Gasteiger charge is -2.32. The molecule has 0 radical (unpaired) electrons. The van der Waals surface area contributed by atoms with Gasteiger partial charge < -0.3 is 39.1 Å². The summed E-state index contributed by atoms with van der Waals surface area (Å²) in [6, 6.07) is 9.15. The first kappa shape index (κ1) is 49.7. The Kier molecular flexibility index (Phi) is 14.9. The van der Waals surface area contributed by atoms with Crippen molar-refractivity contribution < 1.29 is 43.3 Å². The number of aryl methyl sites for hydroxylation is 4. The second-order valence-corrected chi connectivity index (χ2v) is 17.8. The molecule has 7 rings (SSSR count). The van der Waals surface area contributed by atoms with Gasteiger partial charge in [0.1, 0.15) is 46.1 Å². The number of carboxylic acid groups (broad SMARTS) is 1. The number of carboxylic acids is 1. The number of aromatic nitrogens is 8. The zero-order valence-electron chi connectivity index (χ0n) is 40.6. The Labute approximate surface area is 403 Å². The van der Waals surface area contributed by atoms with Crippen molar-refractivity contribution in [2.75, 3.05) is 37.4 Å². The Hall–Kier alpha value is -8.15. The van der Waals surface area contributed by atoms with E-state index in [1.807, 2.05) is 40.7 Å². The second kappa shape index (κ2) is 21.0. The molecule has 0 saturated carbocycles. The number of hydrogen-bond donors (Lipinski definition) is 4. The molecule has 368 valence electrons. The summed E-state index contributed by atoms with van der Waals surface area (Å²) in [6.07, 6.45) is 5.46. The van der Waals surface area contributed by atoms with Crippen molar-refractivity contribution in [3.05, 3.63) is 82.5 Å². The standard InChI is InChI=1S/C49H58N12O9/c1-9-60-36(23-29(3)55-60)43(63)53-46-52-35-26-33(45(65)66)28-38(68-8)40(35)58(46)18-12-13-19-59-41-34(51-47(59)54-44(64)37-24-30(4)56-61(37)10-2)25-32(42(50)62)27-39(41)69-22-14-11-15-31-16-20-57(21-17-31)48(67)70-49(5,6)7/h12-13,23-28,31H,9-10,15-22H2,1-8H3,(H2,50,62)(H,65,66)(H,51,54,64)(H,52,53,63). The van der Waals surface area contributed by atoms with Crippen molar-refractivity contribution in [1.82, 2.24) is 43.6 Å². The largest absolute Gasteiger partial charge is 0.494 e. The number of imidazole rings is 2. The summed E-state index contributed by atoms with van der Waals surface area (Å²) in [6.45, 7) is 15.1. The second-order valence-electron chi connectivity index (χ2n) is 17.8. The minimum atomic E-state index is -1.18. The molecule has 0 bridgehead atoms. The first-order valence-electron chi connectivity index (χ1n) is 23.0. The van der Waals surface area contributed by atoms with Crippen LogP contribution >= 0.6 is 0 Å². The van der Waals surface area contributed by atoms with Crippen molar-refractivity contribution in [3.63, 3.8) is 0 Å². The van der Waals surface area contributed by atoms with E-state index in [2.05, 4.69) is 37.7 Å². The number of amides is 4. The van der Waals surface area contributed by atoms with Gasteiger partial charge in [0.15, 0.2) is 0 Å². The van der Waals surface area contributed by atoms with E-state index in [-0.39, 0.29) is 71.7 Å². The van der Waals surface area contributed by atoms with Gasteiger partial charge in [-0.25, -0.2) is 19.6 Å². The zero-order valence-corrected chi connectivity index (χ0v) is 40.6. The van der Waals surface area contributed by atoms with Crippen molar-refractivity contribution >= 4 is 63.7 Å². The van der Waals surface area contributed by atoms with Crippen LogP contribution in [0.15, 0.2) is 48.6 Å². The number of rotatable bonds is 16. The van der Waals surface area contributed by atoms with E-state index in [0.717, 1.165) is 12.8 Å². The number of benzene rings is 2. The highest BCUT2D eigenvalue weighted by Crippen LogP contribution is 2.33. The molecule has 0 atom stereocenters. The number of anilines is 2. The fourth-order valence-electron chi connectivity index (χ4n) is 8.19. The molecule has 4 amide bonds. The monoisotopic (exact) mass is 958 g/mol. The van der Waals surface area contributed by atoms with Crippen LogP contribution in [0.4, 0.5) is 16.7 Å². The molecule has 21 heteroatoms. The molecule has 21 nitrogen and oxygen atoms in total. The molecule has 1 aliphatic heterocycles. The van der Waals surface area contributed by atoms with Crippen molar-refractivity contribution in [3.8, 4) is 23.3 Å². The highest BCUT2D eigenvalue weighted by Gasteiger charge is 2.27. The summed E-state index contributed by atoms with van der Waals surface area (Å²) in [4.78, 5) is 76.0. The normalized spacial score (nSPS) is 13.1. The van der Waals surface area contributed by atoms with Crippen LogP contribution in [-0.4, -0.2) is 111 Å². The van der Waals surface area contributed by atoms with Gasteiger partial charge in [-0.05, 0) is 104 Å². The number of methoxy groups -OCH3 is 1. The average Bonchev–Trinajstić information content (AvgIpc) is 4.08. The van der Waals surface area contributed by atoms with Gasteiger partial charge in [0.25, 0.3) is 11.8 Å². The summed E-state index contributed by atoms with van der Waals surface area (Å²) < 4.78 is 24.0. The van der Waals surface area contributed by atoms with Crippen LogP contribution in [0.1, 0.15) is 107 Å². The van der Waals surface area contributed by atoms with Crippen LogP contribution in [0.25, 0.3) is 22.1 Å². The first-order chi connectivity index (χ1) is 33.4. The van der Waals surface area contributed by atoms with Crippen LogP contribution in [0.2, 0.25) is 0 Å². The Balaban J connectivity index is 1.20. The lowest BCUT2D eigenvalue weighted by molar-refractivity contribution is 0.0185. The van der Waals surface area contributed by atoms with Gasteiger partial charge >= 0.3 is 12.1 Å². The third kappa shape index (κ3) is 11.2. The molecule has 5 N–H and O–H groups in total. The number of nitrogens with two attached hydrogens (primary N) is 1. The maximum Gasteiger partial charge on any atom is 0.410 e. The molecule has 0 unspecified atom stereocenters. The van der Waals surface area contributed by atoms with Crippen LogP contribution < -0.4 is 25.8 Å². The van der Waals surface area contributed by atoms with Gasteiger partial charge in [0.2, 0.25) is 17.8 Å². The number of nitrogens with one attached hydrogen (secondary N) is 2. The quantitative estimate of drug-likeness (QED) is 0.0604. The van der Waals surface area contributed by atoms with E-state index >= 15 is 0 Å². The summed E-state index contributed by atoms with van der Waals surface area (Å²) in [5.41, 5.74) is 8.68.